The summed E-state index contributed by atoms with van der Waals surface area (Å²) in [5.41, 5.74) is 2.19. The number of urea groups is 1. The van der Waals surface area contributed by atoms with Crippen LogP contribution in [-0.4, -0.2) is 53.7 Å². The number of ether oxygens (including phenoxy) is 1. The van der Waals surface area contributed by atoms with E-state index in [4.69, 9.17) is 9.72 Å². The molecule has 2 fully saturated rings. The number of thiazole rings is 1. The van der Waals surface area contributed by atoms with Gasteiger partial charge < -0.3 is 10.1 Å². The van der Waals surface area contributed by atoms with Crippen LogP contribution >= 0.6 is 11.3 Å². The molecule has 132 valence electrons. The number of carbonyl (C=O) groups is 1. The fraction of sp³-hybridized carbons (Fsp3) is 0.556. The highest BCUT2D eigenvalue weighted by molar-refractivity contribution is 7.22. The van der Waals surface area contributed by atoms with Gasteiger partial charge in [-0.1, -0.05) is 11.3 Å². The van der Waals surface area contributed by atoms with Gasteiger partial charge in [0.15, 0.2) is 5.13 Å². The number of nitrogens with one attached hydrogen (secondary N) is 1. The first-order valence-electron chi connectivity index (χ1n) is 9.01. The monoisotopic (exact) mass is 358 g/mol. The lowest BCUT2D eigenvalue weighted by Crippen LogP contribution is -2.53. The van der Waals surface area contributed by atoms with Crippen molar-refractivity contribution in [3.05, 3.63) is 17.7 Å². The lowest BCUT2D eigenvalue weighted by molar-refractivity contribution is 0.158. The van der Waals surface area contributed by atoms with Crippen molar-refractivity contribution >= 4 is 32.7 Å². The van der Waals surface area contributed by atoms with Gasteiger partial charge in [-0.15, -0.1) is 0 Å². The Balaban J connectivity index is 1.53. The van der Waals surface area contributed by atoms with Crippen molar-refractivity contribution in [2.75, 3.05) is 24.6 Å². The molecule has 3 aliphatic rings. The van der Waals surface area contributed by atoms with Crippen LogP contribution in [0.3, 0.4) is 0 Å². The maximum absolute atomic E-state index is 12.7. The van der Waals surface area contributed by atoms with E-state index in [1.54, 1.807) is 11.3 Å². The quantitative estimate of drug-likeness (QED) is 0.897. The number of benzene rings is 1. The molecule has 1 aromatic heterocycles. The Morgan fingerprint density at radius 3 is 3.12 bits per heavy atom. The van der Waals surface area contributed by atoms with E-state index in [-0.39, 0.29) is 18.1 Å². The molecular formula is C18H22N4O2S. The van der Waals surface area contributed by atoms with Gasteiger partial charge >= 0.3 is 6.03 Å². The van der Waals surface area contributed by atoms with Crippen molar-refractivity contribution in [1.82, 2.24) is 15.2 Å². The number of amides is 2. The van der Waals surface area contributed by atoms with Crippen molar-refractivity contribution in [3.63, 3.8) is 0 Å². The number of anilines is 1. The highest BCUT2D eigenvalue weighted by atomic mass is 32.1. The third-order valence-electron chi connectivity index (χ3n) is 5.63. The highest BCUT2D eigenvalue weighted by Gasteiger charge is 2.45. The Morgan fingerprint density at radius 1 is 1.40 bits per heavy atom. The average Bonchev–Trinajstić information content (AvgIpc) is 3.28. The lowest BCUT2D eigenvalue weighted by Gasteiger charge is -2.38. The van der Waals surface area contributed by atoms with Crippen molar-refractivity contribution in [2.45, 2.75) is 44.8 Å². The third kappa shape index (κ3) is 2.33. The molecule has 2 atom stereocenters. The topological polar surface area (TPSA) is 57.7 Å². The number of fused-ring (bicyclic) bond motifs is 4. The molecule has 4 heterocycles. The van der Waals surface area contributed by atoms with Crippen LogP contribution in [0.2, 0.25) is 0 Å². The van der Waals surface area contributed by atoms with E-state index >= 15 is 0 Å². The van der Waals surface area contributed by atoms with E-state index in [1.807, 2.05) is 11.0 Å². The number of hydrogen-bond donors (Lipinski definition) is 1. The average molecular weight is 358 g/mol. The molecule has 2 amide bonds. The summed E-state index contributed by atoms with van der Waals surface area (Å²) in [6.45, 7) is 7.10. The molecule has 0 saturated carbocycles. The number of aromatic nitrogens is 1. The van der Waals surface area contributed by atoms with Crippen LogP contribution in [0.5, 0.6) is 5.75 Å². The van der Waals surface area contributed by atoms with Gasteiger partial charge in [-0.3, -0.25) is 9.80 Å². The Kier molecular flexibility index (Phi) is 3.43. The fourth-order valence-corrected chi connectivity index (χ4v) is 5.28. The predicted octanol–water partition coefficient (Wildman–Crippen LogP) is 2.61. The predicted molar refractivity (Wildman–Crippen MR) is 98.7 cm³/mol. The van der Waals surface area contributed by atoms with Gasteiger partial charge in [0.1, 0.15) is 5.75 Å². The molecule has 1 N–H and O–H groups in total. The lowest BCUT2D eigenvalue weighted by atomic mass is 9.99. The summed E-state index contributed by atoms with van der Waals surface area (Å²) in [6.07, 6.45) is 1.90. The molecule has 7 heteroatoms. The van der Waals surface area contributed by atoms with E-state index in [9.17, 15) is 4.79 Å². The summed E-state index contributed by atoms with van der Waals surface area (Å²) in [4.78, 5) is 21.9. The first-order chi connectivity index (χ1) is 12.1. The summed E-state index contributed by atoms with van der Waals surface area (Å²) in [5.74, 6) is 0.941. The molecule has 6 nitrogen and oxygen atoms in total. The smallest absolute Gasteiger partial charge is 0.324 e. The molecule has 0 spiro atoms. The minimum absolute atomic E-state index is 0.00689. The van der Waals surface area contributed by atoms with Gasteiger partial charge in [-0.05, 0) is 32.4 Å². The van der Waals surface area contributed by atoms with Crippen molar-refractivity contribution in [2.24, 2.45) is 0 Å². The minimum atomic E-state index is -0.00689. The number of likely N-dealkylation sites (tertiary alicyclic amines) is 1. The van der Waals surface area contributed by atoms with Crippen molar-refractivity contribution in [3.8, 4) is 5.75 Å². The number of piperidine rings is 1. The summed E-state index contributed by atoms with van der Waals surface area (Å²) < 4.78 is 6.79. The fourth-order valence-electron chi connectivity index (χ4n) is 4.22. The molecule has 0 aliphatic carbocycles. The van der Waals surface area contributed by atoms with Gasteiger partial charge in [0.25, 0.3) is 0 Å². The second-order valence-electron chi connectivity index (χ2n) is 7.35. The molecule has 5 rings (SSSR count). The molecule has 3 aliphatic heterocycles. The van der Waals surface area contributed by atoms with Crippen LogP contribution in [0.1, 0.15) is 25.8 Å². The van der Waals surface area contributed by atoms with Gasteiger partial charge in [-0.25, -0.2) is 9.78 Å². The molecule has 0 radical (unpaired) electrons. The zero-order chi connectivity index (χ0) is 17.1. The molecule has 0 bridgehead atoms. The maximum atomic E-state index is 12.7. The summed E-state index contributed by atoms with van der Waals surface area (Å²) in [7, 11) is 0. The molecule has 1 aromatic carbocycles. The zero-order valence-corrected chi connectivity index (χ0v) is 15.3. The van der Waals surface area contributed by atoms with Crippen LogP contribution in [-0.2, 0) is 6.42 Å². The maximum Gasteiger partial charge on any atom is 0.324 e. The summed E-state index contributed by atoms with van der Waals surface area (Å²) in [6, 6.07) is 4.97. The number of nitrogens with zero attached hydrogens (tertiary/aromatic N) is 3. The van der Waals surface area contributed by atoms with E-state index in [0.29, 0.717) is 6.04 Å². The first kappa shape index (κ1) is 15.4. The van der Waals surface area contributed by atoms with E-state index < -0.39 is 0 Å². The van der Waals surface area contributed by atoms with Gasteiger partial charge in [-0.2, -0.15) is 0 Å². The van der Waals surface area contributed by atoms with E-state index in [1.165, 1.54) is 5.56 Å². The van der Waals surface area contributed by atoms with Gasteiger partial charge in [0.05, 0.1) is 28.9 Å². The van der Waals surface area contributed by atoms with Crippen molar-refractivity contribution in [1.29, 1.82) is 0 Å². The largest absolute Gasteiger partial charge is 0.493 e. The molecule has 2 unspecified atom stereocenters. The van der Waals surface area contributed by atoms with Crippen LogP contribution in [0.15, 0.2) is 12.1 Å². The Labute approximate surface area is 150 Å². The molecule has 2 aromatic rings. The minimum Gasteiger partial charge on any atom is -0.493 e. The van der Waals surface area contributed by atoms with E-state index in [2.05, 4.69) is 30.1 Å². The Morgan fingerprint density at radius 2 is 2.28 bits per heavy atom. The number of carbonyl (C=O) groups excluding carboxylic acids is 1. The molecule has 25 heavy (non-hydrogen) atoms. The normalized spacial score (nSPS) is 26.0. The second kappa shape index (κ2) is 5.57. The number of hydrogen-bond acceptors (Lipinski definition) is 5. The summed E-state index contributed by atoms with van der Waals surface area (Å²) >= 11 is 1.61. The van der Waals surface area contributed by atoms with Crippen LogP contribution in [0, 0.1) is 0 Å². The standard InChI is InChI=1S/C18H22N4O2S/c1-10(2)21-7-5-12-13(9-21)22(17(23)19-12)18-20-16-11-6-8-24-14(11)3-4-15(16)25-18/h3-4,10,12-13H,5-9H2,1-2H3,(H,19,23). The molecule has 2 saturated heterocycles. The van der Waals surface area contributed by atoms with Gasteiger partial charge in [0.2, 0.25) is 0 Å². The Bertz CT molecular complexity index is 849. The van der Waals surface area contributed by atoms with Crippen LogP contribution in [0.4, 0.5) is 9.93 Å². The SMILES string of the molecule is CC(C)N1CCC2NC(=O)N(c3nc4c5c(ccc4s3)OCC5)C2C1. The highest BCUT2D eigenvalue weighted by Crippen LogP contribution is 2.39. The second-order valence-corrected chi connectivity index (χ2v) is 8.36. The first-order valence-corrected chi connectivity index (χ1v) is 9.82. The number of rotatable bonds is 2. The Hall–Kier alpha value is -1.86. The zero-order valence-electron chi connectivity index (χ0n) is 14.5. The van der Waals surface area contributed by atoms with Crippen molar-refractivity contribution < 1.29 is 9.53 Å². The molecular weight excluding hydrogens is 336 g/mol. The summed E-state index contributed by atoms with van der Waals surface area (Å²) in [5, 5.41) is 3.97. The van der Waals surface area contributed by atoms with Crippen LogP contribution in [0.25, 0.3) is 10.2 Å². The third-order valence-corrected chi connectivity index (χ3v) is 6.65. The van der Waals surface area contributed by atoms with E-state index in [0.717, 1.165) is 53.6 Å². The van der Waals surface area contributed by atoms with Gasteiger partial charge in [0, 0.05) is 31.1 Å². The van der Waals surface area contributed by atoms with Crippen LogP contribution < -0.4 is 15.0 Å².